The number of nitrogens with zero attached hydrogens (tertiary/aromatic N) is 4. The number of rotatable bonds is 5. The summed E-state index contributed by atoms with van der Waals surface area (Å²) in [5.41, 5.74) is 4.17. The molecule has 0 atom stereocenters. The van der Waals surface area contributed by atoms with Gasteiger partial charge in [-0.1, -0.05) is 6.07 Å². The standard InChI is InChI=1S/C20H24N4O/c1-15-5-6-18-17(7-8-19(25-2)20(18)22-15)16-13-21-24(14-16)12-11-23-9-3-4-10-23/h5-8,13-14H,3-4,9-12H2,1-2H3. The molecule has 1 aromatic carbocycles. The van der Waals surface area contributed by atoms with E-state index >= 15 is 0 Å². The summed E-state index contributed by atoms with van der Waals surface area (Å²) in [5, 5.41) is 5.66. The Kier molecular flexibility index (Phi) is 4.40. The highest BCUT2D eigenvalue weighted by Crippen LogP contribution is 2.33. The molecule has 5 nitrogen and oxygen atoms in total. The van der Waals surface area contributed by atoms with E-state index in [1.807, 2.05) is 29.9 Å². The van der Waals surface area contributed by atoms with Crippen LogP contribution in [-0.4, -0.2) is 46.4 Å². The van der Waals surface area contributed by atoms with Crippen molar-refractivity contribution in [3.63, 3.8) is 0 Å². The molecule has 4 rings (SSSR count). The molecule has 0 radical (unpaired) electrons. The number of aryl methyl sites for hydroxylation is 1. The van der Waals surface area contributed by atoms with Crippen molar-refractivity contribution in [3.05, 3.63) is 42.4 Å². The second kappa shape index (κ2) is 6.84. The Balaban J connectivity index is 1.63. The molecule has 0 aliphatic carbocycles. The van der Waals surface area contributed by atoms with Crippen molar-refractivity contribution in [2.45, 2.75) is 26.3 Å². The third-order valence-electron chi connectivity index (χ3n) is 4.97. The minimum Gasteiger partial charge on any atom is -0.494 e. The first-order valence-electron chi connectivity index (χ1n) is 8.94. The Morgan fingerprint density at radius 1 is 1.08 bits per heavy atom. The minimum atomic E-state index is 0.809. The van der Waals surface area contributed by atoms with E-state index in [0.29, 0.717) is 0 Å². The molecule has 3 aromatic rings. The van der Waals surface area contributed by atoms with Crippen LogP contribution in [0, 0.1) is 6.92 Å². The zero-order valence-corrected chi connectivity index (χ0v) is 14.9. The van der Waals surface area contributed by atoms with Crippen LogP contribution in [0.2, 0.25) is 0 Å². The summed E-state index contributed by atoms with van der Waals surface area (Å²) < 4.78 is 7.53. The molecule has 0 bridgehead atoms. The van der Waals surface area contributed by atoms with E-state index in [4.69, 9.17) is 4.74 Å². The average Bonchev–Trinajstić information content (AvgIpc) is 3.30. The lowest BCUT2D eigenvalue weighted by Gasteiger charge is -2.13. The van der Waals surface area contributed by atoms with Gasteiger partial charge in [-0.3, -0.25) is 4.68 Å². The Morgan fingerprint density at radius 2 is 1.92 bits per heavy atom. The lowest BCUT2D eigenvalue weighted by atomic mass is 10.0. The van der Waals surface area contributed by atoms with Crippen molar-refractivity contribution in [2.24, 2.45) is 0 Å². The Bertz CT molecular complexity index is 881. The topological polar surface area (TPSA) is 43.2 Å². The van der Waals surface area contributed by atoms with Crippen LogP contribution >= 0.6 is 0 Å². The molecule has 2 aromatic heterocycles. The van der Waals surface area contributed by atoms with Crippen LogP contribution in [0.15, 0.2) is 36.7 Å². The minimum absolute atomic E-state index is 0.809. The van der Waals surface area contributed by atoms with E-state index in [1.165, 1.54) is 25.9 Å². The van der Waals surface area contributed by atoms with Crippen molar-refractivity contribution in [2.75, 3.05) is 26.7 Å². The van der Waals surface area contributed by atoms with Crippen LogP contribution in [0.5, 0.6) is 5.75 Å². The van der Waals surface area contributed by atoms with E-state index in [9.17, 15) is 0 Å². The van der Waals surface area contributed by atoms with Gasteiger partial charge in [-0.05, 0) is 56.6 Å². The molecule has 3 heterocycles. The lowest BCUT2D eigenvalue weighted by Crippen LogP contribution is -2.24. The SMILES string of the molecule is COc1ccc(-c2cnn(CCN3CCCC3)c2)c2ccc(C)nc12. The van der Waals surface area contributed by atoms with Gasteiger partial charge in [0.05, 0.1) is 19.9 Å². The van der Waals surface area contributed by atoms with E-state index in [-0.39, 0.29) is 0 Å². The Hall–Kier alpha value is -2.40. The highest BCUT2D eigenvalue weighted by atomic mass is 16.5. The molecular formula is C20H24N4O. The molecule has 5 heteroatoms. The molecule has 1 aliphatic rings. The van der Waals surface area contributed by atoms with Crippen LogP contribution in [-0.2, 0) is 6.54 Å². The van der Waals surface area contributed by atoms with Gasteiger partial charge in [-0.15, -0.1) is 0 Å². The molecule has 0 amide bonds. The summed E-state index contributed by atoms with van der Waals surface area (Å²) >= 11 is 0. The third kappa shape index (κ3) is 3.24. The fraction of sp³-hybridized carbons (Fsp3) is 0.400. The van der Waals surface area contributed by atoms with Crippen LogP contribution in [0.1, 0.15) is 18.5 Å². The average molecular weight is 336 g/mol. The molecule has 1 fully saturated rings. The number of pyridine rings is 1. The van der Waals surface area contributed by atoms with Gasteiger partial charge in [0.15, 0.2) is 0 Å². The van der Waals surface area contributed by atoms with Crippen molar-refractivity contribution in [1.82, 2.24) is 19.7 Å². The van der Waals surface area contributed by atoms with Crippen molar-refractivity contribution < 1.29 is 4.74 Å². The van der Waals surface area contributed by atoms with E-state index in [0.717, 1.165) is 46.6 Å². The molecule has 0 unspecified atom stereocenters. The predicted molar refractivity (Wildman–Crippen MR) is 99.9 cm³/mol. The number of likely N-dealkylation sites (tertiary alicyclic amines) is 1. The van der Waals surface area contributed by atoms with Crippen molar-refractivity contribution in [3.8, 4) is 16.9 Å². The van der Waals surface area contributed by atoms with Gasteiger partial charge in [0.1, 0.15) is 11.3 Å². The Labute approximate surface area is 148 Å². The molecule has 0 N–H and O–H groups in total. The van der Waals surface area contributed by atoms with Crippen LogP contribution in [0.25, 0.3) is 22.0 Å². The van der Waals surface area contributed by atoms with Gasteiger partial charge in [-0.2, -0.15) is 5.10 Å². The number of fused-ring (bicyclic) bond motifs is 1. The molecule has 1 aliphatic heterocycles. The number of ether oxygens (including phenoxy) is 1. The molecule has 0 saturated carbocycles. The van der Waals surface area contributed by atoms with E-state index in [2.05, 4.69) is 33.3 Å². The van der Waals surface area contributed by atoms with Gasteiger partial charge in [-0.25, -0.2) is 4.98 Å². The summed E-state index contributed by atoms with van der Waals surface area (Å²) in [6.45, 7) is 6.46. The van der Waals surface area contributed by atoms with Crippen LogP contribution < -0.4 is 4.74 Å². The van der Waals surface area contributed by atoms with Crippen molar-refractivity contribution in [1.29, 1.82) is 0 Å². The predicted octanol–water partition coefficient (Wildman–Crippen LogP) is 3.51. The molecule has 130 valence electrons. The molecular weight excluding hydrogens is 312 g/mol. The molecule has 25 heavy (non-hydrogen) atoms. The monoisotopic (exact) mass is 336 g/mol. The van der Waals surface area contributed by atoms with Crippen LogP contribution in [0.3, 0.4) is 0 Å². The van der Waals surface area contributed by atoms with E-state index in [1.54, 1.807) is 7.11 Å². The fourth-order valence-corrected chi connectivity index (χ4v) is 3.58. The number of hydrogen-bond donors (Lipinski definition) is 0. The Morgan fingerprint density at radius 3 is 2.72 bits per heavy atom. The highest BCUT2D eigenvalue weighted by Gasteiger charge is 2.13. The maximum absolute atomic E-state index is 5.49. The first-order chi connectivity index (χ1) is 12.2. The molecule has 0 spiro atoms. The summed E-state index contributed by atoms with van der Waals surface area (Å²) in [5.74, 6) is 0.809. The van der Waals surface area contributed by atoms with Gasteiger partial charge >= 0.3 is 0 Å². The van der Waals surface area contributed by atoms with E-state index < -0.39 is 0 Å². The normalized spacial score (nSPS) is 15.1. The first-order valence-corrected chi connectivity index (χ1v) is 8.94. The fourth-order valence-electron chi connectivity index (χ4n) is 3.58. The number of aromatic nitrogens is 3. The maximum Gasteiger partial charge on any atom is 0.145 e. The number of methoxy groups -OCH3 is 1. The summed E-state index contributed by atoms with van der Waals surface area (Å²) in [6.07, 6.45) is 6.74. The third-order valence-corrected chi connectivity index (χ3v) is 4.97. The second-order valence-corrected chi connectivity index (χ2v) is 6.71. The molecule has 1 saturated heterocycles. The summed E-state index contributed by atoms with van der Waals surface area (Å²) in [6, 6.07) is 8.26. The highest BCUT2D eigenvalue weighted by molar-refractivity contribution is 5.97. The smallest absolute Gasteiger partial charge is 0.145 e. The quantitative estimate of drug-likeness (QED) is 0.715. The maximum atomic E-state index is 5.49. The first kappa shape index (κ1) is 16.1. The van der Waals surface area contributed by atoms with Gasteiger partial charge in [0.2, 0.25) is 0 Å². The second-order valence-electron chi connectivity index (χ2n) is 6.71. The summed E-state index contributed by atoms with van der Waals surface area (Å²) in [7, 11) is 1.69. The zero-order chi connectivity index (χ0) is 17.2. The number of hydrogen-bond acceptors (Lipinski definition) is 4. The van der Waals surface area contributed by atoms with Crippen molar-refractivity contribution >= 4 is 10.9 Å². The van der Waals surface area contributed by atoms with Gasteiger partial charge in [0.25, 0.3) is 0 Å². The largest absolute Gasteiger partial charge is 0.494 e. The van der Waals surface area contributed by atoms with Crippen LogP contribution in [0.4, 0.5) is 0 Å². The number of benzene rings is 1. The lowest BCUT2D eigenvalue weighted by molar-refractivity contribution is 0.316. The van der Waals surface area contributed by atoms with Gasteiger partial charge < -0.3 is 9.64 Å². The zero-order valence-electron chi connectivity index (χ0n) is 14.9. The van der Waals surface area contributed by atoms with Gasteiger partial charge in [0, 0.05) is 29.4 Å². The summed E-state index contributed by atoms with van der Waals surface area (Å²) in [4.78, 5) is 7.18.